The van der Waals surface area contributed by atoms with Crippen molar-refractivity contribution in [1.82, 2.24) is 0 Å². The molecule has 0 bridgehead atoms. The average molecular weight is 248 g/mol. The lowest BCUT2D eigenvalue weighted by Gasteiger charge is -2.16. The van der Waals surface area contributed by atoms with E-state index >= 15 is 0 Å². The Hall–Kier alpha value is -0.390. The fraction of sp³-hybridized carbons (Fsp3) is 0.600. The molecule has 0 saturated carbocycles. The molecule has 0 spiro atoms. The molecule has 0 fully saturated rings. The van der Waals surface area contributed by atoms with Crippen LogP contribution in [0.15, 0.2) is 16.8 Å². The van der Waals surface area contributed by atoms with Gasteiger partial charge in [-0.3, -0.25) is 0 Å². The first-order valence-corrected chi connectivity index (χ1v) is 7.69. The van der Waals surface area contributed by atoms with Gasteiger partial charge in [-0.15, -0.1) is 0 Å². The second-order valence-electron chi connectivity index (χ2n) is 3.77. The van der Waals surface area contributed by atoms with Crippen LogP contribution in [0, 0.1) is 0 Å². The monoisotopic (exact) mass is 248 g/mol. The molecule has 1 aromatic rings. The Bertz CT molecular complexity index is 381. The highest BCUT2D eigenvalue weighted by Gasteiger charge is 2.23. The maximum Gasteiger partial charge on any atom is 0.152 e. The highest BCUT2D eigenvalue weighted by atomic mass is 32.2. The normalized spacial score (nSPS) is 16.2. The van der Waals surface area contributed by atoms with E-state index in [1.165, 1.54) is 0 Å². The van der Waals surface area contributed by atoms with Crippen molar-refractivity contribution in [2.45, 2.75) is 31.1 Å². The maximum absolute atomic E-state index is 11.2. The summed E-state index contributed by atoms with van der Waals surface area (Å²) in [6.07, 6.45) is 1.60. The van der Waals surface area contributed by atoms with E-state index in [9.17, 15) is 13.5 Å². The van der Waals surface area contributed by atoms with Gasteiger partial charge < -0.3 is 5.11 Å². The number of aryl methyl sites for hydroxylation is 1. The molecule has 1 heterocycles. The summed E-state index contributed by atoms with van der Waals surface area (Å²) < 4.78 is 22.4. The predicted octanol–water partition coefficient (Wildman–Crippen LogP) is 1.47. The van der Waals surface area contributed by atoms with E-state index in [0.717, 1.165) is 18.2 Å². The topological polar surface area (TPSA) is 54.4 Å². The minimum atomic E-state index is -3.14. The summed E-state index contributed by atoms with van der Waals surface area (Å²) in [5, 5.41) is 13.0. The molecule has 3 nitrogen and oxygen atoms in total. The summed E-state index contributed by atoms with van der Waals surface area (Å²) >= 11 is 1.61. The van der Waals surface area contributed by atoms with Crippen LogP contribution in [0.5, 0.6) is 0 Å². The van der Waals surface area contributed by atoms with Gasteiger partial charge >= 0.3 is 0 Å². The summed E-state index contributed by atoms with van der Waals surface area (Å²) in [6.45, 7) is 1.55. The van der Waals surface area contributed by atoms with Gasteiger partial charge in [-0.1, -0.05) is 0 Å². The molecular formula is C10H16O3S2. The van der Waals surface area contributed by atoms with Gasteiger partial charge in [0.15, 0.2) is 9.84 Å². The number of hydrogen-bond donors (Lipinski definition) is 1. The molecule has 0 radical (unpaired) electrons. The number of aliphatic hydroxyl groups excluding tert-OH is 1. The molecule has 0 aromatic carbocycles. The van der Waals surface area contributed by atoms with E-state index in [0.29, 0.717) is 6.42 Å². The minimum Gasteiger partial charge on any atom is -0.392 e. The summed E-state index contributed by atoms with van der Waals surface area (Å²) in [4.78, 5) is 0. The third kappa shape index (κ3) is 3.93. The van der Waals surface area contributed by atoms with E-state index < -0.39 is 21.2 Å². The van der Waals surface area contributed by atoms with Crippen molar-refractivity contribution in [3.63, 3.8) is 0 Å². The second kappa shape index (κ2) is 5.09. The zero-order valence-electron chi connectivity index (χ0n) is 8.88. The van der Waals surface area contributed by atoms with Gasteiger partial charge in [-0.2, -0.15) is 11.3 Å². The second-order valence-corrected chi connectivity index (χ2v) is 6.95. The third-order valence-electron chi connectivity index (χ3n) is 2.53. The standard InChI is InChI=1S/C10H16O3S2/c1-8(15(2,12)13)10(11)4-3-9-5-6-14-7-9/h5-8,10-11H,3-4H2,1-2H3. The molecule has 1 rings (SSSR count). The highest BCUT2D eigenvalue weighted by Crippen LogP contribution is 2.13. The van der Waals surface area contributed by atoms with Crippen molar-refractivity contribution in [2.24, 2.45) is 0 Å². The molecule has 86 valence electrons. The Morgan fingerprint density at radius 3 is 2.67 bits per heavy atom. The number of aliphatic hydroxyl groups is 1. The van der Waals surface area contributed by atoms with Crippen molar-refractivity contribution in [1.29, 1.82) is 0 Å². The van der Waals surface area contributed by atoms with Gasteiger partial charge in [-0.05, 0) is 42.2 Å². The van der Waals surface area contributed by atoms with Gasteiger partial charge in [0.1, 0.15) is 0 Å². The summed E-state index contributed by atoms with van der Waals surface area (Å²) in [7, 11) is -3.14. The van der Waals surface area contributed by atoms with Crippen LogP contribution in [0.1, 0.15) is 18.9 Å². The molecule has 0 saturated heterocycles. The number of thiophene rings is 1. The first-order valence-electron chi connectivity index (χ1n) is 4.79. The molecule has 0 aliphatic carbocycles. The SMILES string of the molecule is CC(C(O)CCc1ccsc1)S(C)(=O)=O. The Balaban J connectivity index is 2.46. The molecule has 1 N–H and O–H groups in total. The Morgan fingerprint density at radius 2 is 2.20 bits per heavy atom. The van der Waals surface area contributed by atoms with Gasteiger partial charge in [0.05, 0.1) is 11.4 Å². The van der Waals surface area contributed by atoms with Gasteiger partial charge in [0, 0.05) is 6.26 Å². The largest absolute Gasteiger partial charge is 0.392 e. The van der Waals surface area contributed by atoms with E-state index in [1.54, 1.807) is 18.3 Å². The zero-order valence-corrected chi connectivity index (χ0v) is 10.5. The maximum atomic E-state index is 11.2. The van der Waals surface area contributed by atoms with Crippen molar-refractivity contribution < 1.29 is 13.5 Å². The van der Waals surface area contributed by atoms with Crippen molar-refractivity contribution in [3.05, 3.63) is 22.4 Å². The molecule has 15 heavy (non-hydrogen) atoms. The van der Waals surface area contributed by atoms with Gasteiger partial charge in [0.2, 0.25) is 0 Å². The minimum absolute atomic E-state index is 0.491. The summed E-state index contributed by atoms with van der Waals surface area (Å²) in [5.74, 6) is 0. The van der Waals surface area contributed by atoms with E-state index in [2.05, 4.69) is 0 Å². The van der Waals surface area contributed by atoms with Crippen LogP contribution in [0.25, 0.3) is 0 Å². The fourth-order valence-corrected chi connectivity index (χ4v) is 2.68. The van der Waals surface area contributed by atoms with E-state index in [-0.39, 0.29) is 0 Å². The number of hydrogen-bond acceptors (Lipinski definition) is 4. The van der Waals surface area contributed by atoms with Crippen LogP contribution in [0.3, 0.4) is 0 Å². The molecule has 1 aromatic heterocycles. The number of rotatable bonds is 5. The molecule has 0 amide bonds. The Kier molecular flexibility index (Phi) is 4.31. The van der Waals surface area contributed by atoms with Crippen LogP contribution in [0.4, 0.5) is 0 Å². The van der Waals surface area contributed by atoms with Crippen LogP contribution in [-0.2, 0) is 16.3 Å². The molecule has 2 unspecified atom stereocenters. The zero-order chi connectivity index (χ0) is 11.5. The Morgan fingerprint density at radius 1 is 1.53 bits per heavy atom. The molecule has 2 atom stereocenters. The molecule has 0 aliphatic rings. The van der Waals surface area contributed by atoms with Crippen LogP contribution < -0.4 is 0 Å². The van der Waals surface area contributed by atoms with Crippen molar-refractivity contribution in [3.8, 4) is 0 Å². The first-order chi connectivity index (χ1) is 6.91. The summed E-state index contributed by atoms with van der Waals surface area (Å²) in [5.41, 5.74) is 1.15. The lowest BCUT2D eigenvalue weighted by atomic mass is 10.1. The van der Waals surface area contributed by atoms with Crippen molar-refractivity contribution in [2.75, 3.05) is 6.26 Å². The summed E-state index contributed by atoms with van der Waals surface area (Å²) in [6, 6.07) is 1.99. The Labute approximate surface area is 94.7 Å². The molecular weight excluding hydrogens is 232 g/mol. The van der Waals surface area contributed by atoms with E-state index in [1.807, 2.05) is 16.8 Å². The lowest BCUT2D eigenvalue weighted by Crippen LogP contribution is -2.30. The van der Waals surface area contributed by atoms with E-state index in [4.69, 9.17) is 0 Å². The molecule has 0 aliphatic heterocycles. The highest BCUT2D eigenvalue weighted by molar-refractivity contribution is 7.91. The van der Waals surface area contributed by atoms with Crippen LogP contribution >= 0.6 is 11.3 Å². The van der Waals surface area contributed by atoms with Gasteiger partial charge in [-0.25, -0.2) is 8.42 Å². The third-order valence-corrected chi connectivity index (χ3v) is 4.92. The van der Waals surface area contributed by atoms with Crippen LogP contribution in [0.2, 0.25) is 0 Å². The average Bonchev–Trinajstić information content (AvgIpc) is 2.63. The number of sulfone groups is 1. The smallest absolute Gasteiger partial charge is 0.152 e. The van der Waals surface area contributed by atoms with Crippen LogP contribution in [-0.4, -0.2) is 31.1 Å². The quantitative estimate of drug-likeness (QED) is 0.858. The fourth-order valence-electron chi connectivity index (χ4n) is 1.27. The first kappa shape index (κ1) is 12.7. The molecule has 5 heteroatoms. The lowest BCUT2D eigenvalue weighted by molar-refractivity contribution is 0.163. The van der Waals surface area contributed by atoms with Gasteiger partial charge in [0.25, 0.3) is 0 Å². The van der Waals surface area contributed by atoms with Crippen molar-refractivity contribution >= 4 is 21.2 Å². The predicted molar refractivity (Wildman–Crippen MR) is 63.0 cm³/mol.